The van der Waals surface area contributed by atoms with E-state index in [1.54, 1.807) is 0 Å². The van der Waals surface area contributed by atoms with Crippen LogP contribution in [-0.4, -0.2) is 24.3 Å². The quantitative estimate of drug-likeness (QED) is 0.611. The van der Waals surface area contributed by atoms with Crippen molar-refractivity contribution in [3.05, 3.63) is 64.0 Å². The minimum atomic E-state index is 0.543. The zero-order valence-electron chi connectivity index (χ0n) is 13.8. The van der Waals surface area contributed by atoms with Crippen molar-refractivity contribution in [2.75, 3.05) is 18.9 Å². The topological polar surface area (TPSA) is 21.3 Å². The fourth-order valence-corrected chi connectivity index (χ4v) is 5.24. The molecule has 4 rings (SSSR count). The Bertz CT molecular complexity index is 841. The molecule has 1 saturated heterocycles. The number of hydrogen-bond acceptors (Lipinski definition) is 4. The first-order chi connectivity index (χ1) is 12.3. The summed E-state index contributed by atoms with van der Waals surface area (Å²) in [7, 11) is 0. The van der Waals surface area contributed by atoms with Crippen LogP contribution in [0.15, 0.2) is 47.8 Å². The highest BCUT2D eigenvalue weighted by Crippen LogP contribution is 2.34. The van der Waals surface area contributed by atoms with Crippen LogP contribution in [0.3, 0.4) is 0 Å². The third kappa shape index (κ3) is 4.14. The minimum absolute atomic E-state index is 0.543. The molecule has 0 amide bonds. The molecule has 2 heterocycles. The Morgan fingerprint density at radius 1 is 1.12 bits per heavy atom. The van der Waals surface area contributed by atoms with Gasteiger partial charge in [-0.3, -0.25) is 0 Å². The third-order valence-corrected chi connectivity index (χ3v) is 6.84. The predicted molar refractivity (Wildman–Crippen MR) is 110 cm³/mol. The van der Waals surface area contributed by atoms with E-state index in [0.717, 1.165) is 30.2 Å². The van der Waals surface area contributed by atoms with Crippen LogP contribution in [0.25, 0.3) is 10.1 Å². The SMILES string of the molecule is Clc1ccc(CCOc2ccc(CC3NCCS3)c3sccc23)cc1. The van der Waals surface area contributed by atoms with Gasteiger partial charge in [0.05, 0.1) is 12.0 Å². The van der Waals surface area contributed by atoms with Gasteiger partial charge in [-0.25, -0.2) is 0 Å². The Labute approximate surface area is 161 Å². The van der Waals surface area contributed by atoms with Gasteiger partial charge >= 0.3 is 0 Å². The molecule has 0 radical (unpaired) electrons. The minimum Gasteiger partial charge on any atom is -0.493 e. The summed E-state index contributed by atoms with van der Waals surface area (Å²) in [5.41, 5.74) is 2.66. The number of halogens is 1. The molecule has 3 aromatic rings. The standard InChI is InChI=1S/C20H20ClNOS2/c21-16-4-1-14(2-5-16)7-10-23-18-6-3-15(13-19-22-9-12-24-19)20-17(18)8-11-25-20/h1-6,8,11,19,22H,7,9-10,12-13H2. The van der Waals surface area contributed by atoms with Gasteiger partial charge < -0.3 is 10.1 Å². The first-order valence-electron chi connectivity index (χ1n) is 8.51. The number of nitrogens with one attached hydrogen (secondary N) is 1. The van der Waals surface area contributed by atoms with Gasteiger partial charge in [-0.1, -0.05) is 29.8 Å². The molecule has 1 aromatic heterocycles. The molecule has 0 spiro atoms. The summed E-state index contributed by atoms with van der Waals surface area (Å²) in [5, 5.41) is 8.28. The Hall–Kier alpha value is -1.20. The Balaban J connectivity index is 1.45. The van der Waals surface area contributed by atoms with E-state index in [2.05, 4.69) is 41.0 Å². The molecular weight excluding hydrogens is 370 g/mol. The highest BCUT2D eigenvalue weighted by Gasteiger charge is 2.17. The summed E-state index contributed by atoms with van der Waals surface area (Å²) in [6.07, 6.45) is 1.96. The van der Waals surface area contributed by atoms with E-state index in [1.165, 1.54) is 27.0 Å². The first-order valence-corrected chi connectivity index (χ1v) is 10.8. The predicted octanol–water partition coefficient (Wildman–Crippen LogP) is 5.38. The van der Waals surface area contributed by atoms with Crippen molar-refractivity contribution in [3.8, 4) is 5.75 Å². The number of benzene rings is 2. The summed E-state index contributed by atoms with van der Waals surface area (Å²) >= 11 is 9.76. The normalized spacial score (nSPS) is 17.2. The lowest BCUT2D eigenvalue weighted by molar-refractivity contribution is 0.326. The Morgan fingerprint density at radius 3 is 2.80 bits per heavy atom. The van der Waals surface area contributed by atoms with E-state index in [0.29, 0.717) is 12.0 Å². The van der Waals surface area contributed by atoms with Crippen molar-refractivity contribution in [3.63, 3.8) is 0 Å². The molecular formula is C20H20ClNOS2. The summed E-state index contributed by atoms with van der Waals surface area (Å²) in [6.45, 7) is 1.79. The molecule has 2 aromatic carbocycles. The molecule has 2 nitrogen and oxygen atoms in total. The Kier molecular flexibility index (Phi) is 5.51. The molecule has 1 N–H and O–H groups in total. The van der Waals surface area contributed by atoms with E-state index in [1.807, 2.05) is 35.2 Å². The van der Waals surface area contributed by atoms with Crippen LogP contribution in [0.1, 0.15) is 11.1 Å². The van der Waals surface area contributed by atoms with Gasteiger partial charge in [0.2, 0.25) is 0 Å². The molecule has 0 bridgehead atoms. The summed E-state index contributed by atoms with van der Waals surface area (Å²) in [4.78, 5) is 0. The van der Waals surface area contributed by atoms with Crippen molar-refractivity contribution < 1.29 is 4.74 Å². The highest BCUT2D eigenvalue weighted by molar-refractivity contribution is 8.00. The number of thiophene rings is 1. The monoisotopic (exact) mass is 389 g/mol. The van der Waals surface area contributed by atoms with Crippen LogP contribution >= 0.6 is 34.7 Å². The first kappa shape index (κ1) is 17.2. The van der Waals surface area contributed by atoms with Crippen molar-refractivity contribution >= 4 is 44.8 Å². The zero-order valence-corrected chi connectivity index (χ0v) is 16.2. The van der Waals surface area contributed by atoms with Gasteiger partial charge in [0.25, 0.3) is 0 Å². The molecule has 1 fully saturated rings. The van der Waals surface area contributed by atoms with Crippen LogP contribution in [0, 0.1) is 0 Å². The van der Waals surface area contributed by atoms with Crippen LogP contribution in [0.4, 0.5) is 0 Å². The van der Waals surface area contributed by atoms with Gasteiger partial charge in [0, 0.05) is 33.8 Å². The summed E-state index contributed by atoms with van der Waals surface area (Å²) in [5.74, 6) is 2.20. The van der Waals surface area contributed by atoms with E-state index >= 15 is 0 Å². The van der Waals surface area contributed by atoms with E-state index in [9.17, 15) is 0 Å². The molecule has 25 heavy (non-hydrogen) atoms. The molecule has 130 valence electrons. The number of ether oxygens (including phenoxy) is 1. The summed E-state index contributed by atoms with van der Waals surface area (Å²) in [6, 6.07) is 14.5. The zero-order chi connectivity index (χ0) is 17.1. The molecule has 0 saturated carbocycles. The molecule has 0 aliphatic carbocycles. The van der Waals surface area contributed by atoms with Crippen molar-refractivity contribution in [2.45, 2.75) is 18.2 Å². The number of thioether (sulfide) groups is 1. The summed E-state index contributed by atoms with van der Waals surface area (Å²) < 4.78 is 7.45. The largest absolute Gasteiger partial charge is 0.493 e. The van der Waals surface area contributed by atoms with Gasteiger partial charge in [-0.15, -0.1) is 23.1 Å². The molecule has 5 heteroatoms. The van der Waals surface area contributed by atoms with Gasteiger partial charge in [-0.2, -0.15) is 0 Å². The average molecular weight is 390 g/mol. The van der Waals surface area contributed by atoms with Gasteiger partial charge in [0.15, 0.2) is 0 Å². The van der Waals surface area contributed by atoms with Gasteiger partial charge in [0.1, 0.15) is 5.75 Å². The number of hydrogen-bond donors (Lipinski definition) is 1. The lowest BCUT2D eigenvalue weighted by Gasteiger charge is -2.13. The van der Waals surface area contributed by atoms with E-state index in [4.69, 9.17) is 16.3 Å². The lowest BCUT2D eigenvalue weighted by atomic mass is 10.1. The maximum absolute atomic E-state index is 6.09. The fraction of sp³-hybridized carbons (Fsp3) is 0.300. The van der Waals surface area contributed by atoms with E-state index in [-0.39, 0.29) is 0 Å². The van der Waals surface area contributed by atoms with E-state index < -0.39 is 0 Å². The number of rotatable bonds is 6. The molecule has 1 unspecified atom stereocenters. The lowest BCUT2D eigenvalue weighted by Crippen LogP contribution is -2.21. The van der Waals surface area contributed by atoms with Crippen LogP contribution < -0.4 is 10.1 Å². The van der Waals surface area contributed by atoms with Crippen molar-refractivity contribution in [1.29, 1.82) is 0 Å². The average Bonchev–Trinajstić information content (AvgIpc) is 3.30. The second-order valence-electron chi connectivity index (χ2n) is 6.13. The second kappa shape index (κ2) is 8.00. The fourth-order valence-electron chi connectivity index (χ4n) is 3.12. The number of fused-ring (bicyclic) bond motifs is 1. The van der Waals surface area contributed by atoms with Crippen molar-refractivity contribution in [1.82, 2.24) is 5.32 Å². The van der Waals surface area contributed by atoms with Gasteiger partial charge in [-0.05, 0) is 47.2 Å². The smallest absolute Gasteiger partial charge is 0.127 e. The third-order valence-electron chi connectivity index (χ3n) is 4.42. The highest BCUT2D eigenvalue weighted by atomic mass is 35.5. The molecule has 1 aliphatic heterocycles. The van der Waals surface area contributed by atoms with Crippen LogP contribution in [-0.2, 0) is 12.8 Å². The van der Waals surface area contributed by atoms with Crippen LogP contribution in [0.2, 0.25) is 5.02 Å². The molecule has 1 aliphatic rings. The van der Waals surface area contributed by atoms with Crippen LogP contribution in [0.5, 0.6) is 5.75 Å². The maximum atomic E-state index is 6.09. The molecule has 1 atom stereocenters. The second-order valence-corrected chi connectivity index (χ2v) is 8.79. The van der Waals surface area contributed by atoms with Crippen molar-refractivity contribution in [2.24, 2.45) is 0 Å². The Morgan fingerprint density at radius 2 is 2.00 bits per heavy atom. The maximum Gasteiger partial charge on any atom is 0.127 e.